The van der Waals surface area contributed by atoms with Crippen molar-refractivity contribution in [1.29, 1.82) is 0 Å². The molecule has 2 N–H and O–H groups in total. The van der Waals surface area contributed by atoms with Crippen molar-refractivity contribution < 1.29 is 14.7 Å². The third-order valence-electron chi connectivity index (χ3n) is 3.90. The minimum atomic E-state index is -1.00. The lowest BCUT2D eigenvalue weighted by Gasteiger charge is -2.06. The van der Waals surface area contributed by atoms with Crippen molar-refractivity contribution in [2.24, 2.45) is 17.3 Å². The second kappa shape index (κ2) is 5.70. The first-order valence-electron chi connectivity index (χ1n) is 6.40. The van der Waals surface area contributed by atoms with Gasteiger partial charge in [0.15, 0.2) is 0 Å². The van der Waals surface area contributed by atoms with Crippen molar-refractivity contribution >= 4 is 40.8 Å². The fraction of sp³-hybridized carbons (Fsp3) is 0.333. The second-order valence-electron chi connectivity index (χ2n) is 5.65. The molecule has 2 rings (SSSR count). The van der Waals surface area contributed by atoms with Crippen LogP contribution in [0, 0.1) is 17.3 Å². The molecule has 0 unspecified atom stereocenters. The number of carbonyl (C=O) groups is 2. The quantitative estimate of drug-likeness (QED) is 0.880. The topological polar surface area (TPSA) is 66.4 Å². The minimum absolute atomic E-state index is 0.000734. The fourth-order valence-corrected chi connectivity index (χ4v) is 2.81. The highest BCUT2D eigenvalue weighted by Gasteiger charge is 2.60. The summed E-state index contributed by atoms with van der Waals surface area (Å²) in [5.74, 6) is -1.33. The number of rotatable bonds is 4. The van der Waals surface area contributed by atoms with E-state index < -0.39 is 5.97 Å². The van der Waals surface area contributed by atoms with Crippen LogP contribution < -0.4 is 5.32 Å². The molecule has 1 saturated carbocycles. The van der Waals surface area contributed by atoms with Gasteiger partial charge in [0.05, 0.1) is 11.5 Å². The summed E-state index contributed by atoms with van der Waals surface area (Å²) in [5.41, 5.74) is 0.544. The molecule has 0 heterocycles. The molecule has 0 bridgehead atoms. The Morgan fingerprint density at radius 3 is 2.29 bits per heavy atom. The molecular weight excluding hydrogens is 313 g/mol. The molecule has 1 aliphatic rings. The highest BCUT2D eigenvalue weighted by molar-refractivity contribution is 6.55. The van der Waals surface area contributed by atoms with Gasteiger partial charge in [0.25, 0.3) is 0 Å². The first kappa shape index (κ1) is 15.9. The molecule has 1 fully saturated rings. The molecule has 6 heteroatoms. The number of anilines is 1. The van der Waals surface area contributed by atoms with Crippen molar-refractivity contribution in [2.75, 3.05) is 5.32 Å². The monoisotopic (exact) mass is 327 g/mol. The maximum absolute atomic E-state index is 12.3. The zero-order valence-corrected chi connectivity index (χ0v) is 13.1. The number of allylic oxidation sites excluding steroid dienone is 1. The van der Waals surface area contributed by atoms with Crippen molar-refractivity contribution in [3.8, 4) is 0 Å². The number of hydrogen-bond acceptors (Lipinski definition) is 2. The predicted octanol–water partition coefficient (Wildman–Crippen LogP) is 3.91. The number of carboxylic acid groups (broad SMARTS) is 1. The lowest BCUT2D eigenvalue weighted by atomic mass is 10.1. The van der Waals surface area contributed by atoms with E-state index in [0.717, 1.165) is 0 Å². The number of halogens is 2. The summed E-state index contributed by atoms with van der Waals surface area (Å²) in [7, 11) is 0. The molecule has 1 aliphatic carbocycles. The Kier molecular flexibility index (Phi) is 4.30. The summed E-state index contributed by atoms with van der Waals surface area (Å²) in [6.45, 7) is 3.95. The number of carboxylic acids is 1. The van der Waals surface area contributed by atoms with E-state index in [1.165, 1.54) is 12.1 Å². The van der Waals surface area contributed by atoms with E-state index in [4.69, 9.17) is 28.3 Å². The fourth-order valence-electron chi connectivity index (χ4n) is 2.54. The normalized spacial score (nSPS) is 22.3. The van der Waals surface area contributed by atoms with E-state index in [0.29, 0.717) is 5.69 Å². The van der Waals surface area contributed by atoms with Crippen LogP contribution in [0.1, 0.15) is 24.2 Å². The molecule has 0 spiro atoms. The van der Waals surface area contributed by atoms with Crippen molar-refractivity contribution in [3.63, 3.8) is 0 Å². The molecule has 0 saturated heterocycles. The van der Waals surface area contributed by atoms with Crippen LogP contribution in [0.25, 0.3) is 0 Å². The number of benzene rings is 1. The van der Waals surface area contributed by atoms with Gasteiger partial charge in [-0.25, -0.2) is 4.79 Å². The molecule has 1 aromatic rings. The van der Waals surface area contributed by atoms with Crippen LogP contribution in [-0.2, 0) is 4.79 Å². The Labute approximate surface area is 132 Å². The number of nitrogens with one attached hydrogen (secondary N) is 1. The highest BCUT2D eigenvalue weighted by Crippen LogP contribution is 2.59. The van der Waals surface area contributed by atoms with Gasteiger partial charge in [-0.15, -0.1) is 0 Å². The molecule has 21 heavy (non-hydrogen) atoms. The van der Waals surface area contributed by atoms with Crippen LogP contribution in [0.15, 0.2) is 34.8 Å². The average molecular weight is 328 g/mol. The Hall–Kier alpha value is -1.52. The number of aromatic carboxylic acids is 1. The summed E-state index contributed by atoms with van der Waals surface area (Å²) in [6.07, 6.45) is 1.68. The second-order valence-corrected chi connectivity index (χ2v) is 6.66. The van der Waals surface area contributed by atoms with Gasteiger partial charge in [-0.2, -0.15) is 0 Å². The zero-order valence-electron chi connectivity index (χ0n) is 11.6. The van der Waals surface area contributed by atoms with Gasteiger partial charge >= 0.3 is 5.97 Å². The maximum Gasteiger partial charge on any atom is 0.335 e. The zero-order chi connectivity index (χ0) is 15.8. The third kappa shape index (κ3) is 3.39. The first-order chi connectivity index (χ1) is 9.73. The molecule has 0 aromatic heterocycles. The maximum atomic E-state index is 12.3. The summed E-state index contributed by atoms with van der Waals surface area (Å²) >= 11 is 11.3. The first-order valence-corrected chi connectivity index (χ1v) is 7.16. The van der Waals surface area contributed by atoms with Crippen LogP contribution in [0.4, 0.5) is 5.69 Å². The average Bonchev–Trinajstić information content (AvgIpc) is 2.90. The lowest BCUT2D eigenvalue weighted by Crippen LogP contribution is -2.16. The van der Waals surface area contributed by atoms with Crippen molar-refractivity contribution in [1.82, 2.24) is 0 Å². The number of hydrogen-bond donors (Lipinski definition) is 2. The highest BCUT2D eigenvalue weighted by atomic mass is 35.5. The Balaban J connectivity index is 2.05. The molecule has 1 amide bonds. The largest absolute Gasteiger partial charge is 0.478 e. The van der Waals surface area contributed by atoms with Gasteiger partial charge in [0.1, 0.15) is 4.49 Å². The lowest BCUT2D eigenvalue weighted by molar-refractivity contribution is -0.118. The van der Waals surface area contributed by atoms with E-state index in [-0.39, 0.29) is 33.2 Å². The summed E-state index contributed by atoms with van der Waals surface area (Å²) < 4.78 is 0.161. The van der Waals surface area contributed by atoms with Crippen LogP contribution in [0.5, 0.6) is 0 Å². The molecule has 4 nitrogen and oxygen atoms in total. The Morgan fingerprint density at radius 2 is 1.81 bits per heavy atom. The van der Waals surface area contributed by atoms with Gasteiger partial charge in [-0.3, -0.25) is 4.79 Å². The summed E-state index contributed by atoms with van der Waals surface area (Å²) in [4.78, 5) is 23.0. The molecule has 112 valence electrons. The molecule has 2 atom stereocenters. The molecule has 0 radical (unpaired) electrons. The van der Waals surface area contributed by atoms with E-state index in [1.807, 2.05) is 13.8 Å². The van der Waals surface area contributed by atoms with E-state index in [2.05, 4.69) is 5.32 Å². The van der Waals surface area contributed by atoms with Crippen molar-refractivity contribution in [3.05, 3.63) is 40.4 Å². The van der Waals surface area contributed by atoms with Gasteiger partial charge in [0, 0.05) is 5.69 Å². The molecule has 0 aliphatic heterocycles. The van der Waals surface area contributed by atoms with E-state index >= 15 is 0 Å². The Bertz CT molecular complexity index is 604. The third-order valence-corrected chi connectivity index (χ3v) is 4.15. The van der Waals surface area contributed by atoms with E-state index in [9.17, 15) is 9.59 Å². The summed E-state index contributed by atoms with van der Waals surface area (Å²) in [6, 6.07) is 6.03. The van der Waals surface area contributed by atoms with Crippen LogP contribution in [-0.4, -0.2) is 17.0 Å². The number of amides is 1. The standard InChI is InChI=1S/C15H15Cl2NO3/c1-15(2)10(7-11(16)17)12(15)13(19)18-9-5-3-8(4-6-9)14(20)21/h3-7,10,12H,1-2H3,(H,18,19)(H,20,21)/t10-,12+/m1/s1. The number of carbonyl (C=O) groups excluding carboxylic acids is 1. The SMILES string of the molecule is CC1(C)[C@H](C=C(Cl)Cl)[C@H]1C(=O)Nc1ccc(C(=O)O)cc1. The van der Waals surface area contributed by atoms with Gasteiger partial charge in [-0.05, 0) is 41.7 Å². The van der Waals surface area contributed by atoms with Gasteiger partial charge in [-0.1, -0.05) is 37.0 Å². The van der Waals surface area contributed by atoms with E-state index in [1.54, 1.807) is 18.2 Å². The Morgan fingerprint density at radius 1 is 1.24 bits per heavy atom. The van der Waals surface area contributed by atoms with Gasteiger partial charge < -0.3 is 10.4 Å². The molecular formula is C15H15Cl2NO3. The van der Waals surface area contributed by atoms with Crippen LogP contribution in [0.3, 0.4) is 0 Å². The van der Waals surface area contributed by atoms with Gasteiger partial charge in [0.2, 0.25) is 5.91 Å². The molecule has 1 aromatic carbocycles. The predicted molar refractivity (Wildman–Crippen MR) is 82.6 cm³/mol. The van der Waals surface area contributed by atoms with Crippen molar-refractivity contribution in [2.45, 2.75) is 13.8 Å². The minimum Gasteiger partial charge on any atom is -0.478 e. The summed E-state index contributed by atoms with van der Waals surface area (Å²) in [5, 5.41) is 11.6. The smallest absolute Gasteiger partial charge is 0.335 e. The van der Waals surface area contributed by atoms with Crippen LogP contribution >= 0.6 is 23.2 Å². The van der Waals surface area contributed by atoms with Crippen LogP contribution in [0.2, 0.25) is 0 Å².